The average Bonchev–Trinajstić information content (AvgIpc) is 3.35. The number of nitrogens with two attached hydrogens (primary N) is 1. The van der Waals surface area contributed by atoms with Gasteiger partial charge in [0.25, 0.3) is 0 Å². The van der Waals surface area contributed by atoms with Crippen LogP contribution in [0.4, 0.5) is 0 Å². The molecule has 7 atom stereocenters. The molecule has 1 aromatic carbocycles. The summed E-state index contributed by atoms with van der Waals surface area (Å²) in [6, 6.07) is 5.83. The Labute approximate surface area is 241 Å². The molecule has 220 valence electrons. The average molecular weight is 573 g/mol. The molecule has 2 saturated heterocycles. The Bertz CT molecular complexity index is 1230. The monoisotopic (exact) mass is 572 g/mol. The van der Waals surface area contributed by atoms with Gasteiger partial charge in [0.05, 0.1) is 46.0 Å². The summed E-state index contributed by atoms with van der Waals surface area (Å²) in [7, 11) is 0. The Kier molecular flexibility index (Phi) is 9.52. The standard InChI is InChI=1S/C31H44N2O6S/c1-6-7-10-20-28(36)18(2)9-8-13-31(5)25(39-31)15-22(38-27(35)16-24(34)30(3,4)29(20)37)19-11-12-23-21(14-19)33-26(17-32)40-23/h6,11-12,14,18,20,22,24-25,28,34,36H,1,7-10,13,15-17,32H2,2-5H3/t18?,20-,22+,24+,25+,28+,31-/m1/s1. The number of epoxide rings is 1. The first-order valence-corrected chi connectivity index (χ1v) is 15.2. The second-order valence-electron chi connectivity index (χ2n) is 12.3. The molecule has 2 aromatic rings. The smallest absolute Gasteiger partial charge is 0.309 e. The van der Waals surface area contributed by atoms with Crippen molar-refractivity contribution in [2.75, 3.05) is 0 Å². The maximum atomic E-state index is 13.7. The van der Waals surface area contributed by atoms with Gasteiger partial charge in [-0.1, -0.05) is 39.3 Å². The molecule has 1 unspecified atom stereocenters. The van der Waals surface area contributed by atoms with Crippen molar-refractivity contribution in [3.05, 3.63) is 41.4 Å². The van der Waals surface area contributed by atoms with Crippen LogP contribution < -0.4 is 5.73 Å². The van der Waals surface area contributed by atoms with Gasteiger partial charge in [-0.05, 0) is 56.2 Å². The van der Waals surface area contributed by atoms with E-state index in [4.69, 9.17) is 15.2 Å². The Morgan fingerprint density at radius 3 is 2.70 bits per heavy atom. The number of carbonyl (C=O) groups excluding carboxylic acids is 2. The van der Waals surface area contributed by atoms with E-state index in [-0.39, 0.29) is 29.8 Å². The minimum absolute atomic E-state index is 0.0903. The van der Waals surface area contributed by atoms with Gasteiger partial charge < -0.3 is 25.4 Å². The summed E-state index contributed by atoms with van der Waals surface area (Å²) >= 11 is 1.54. The number of aliphatic hydroxyl groups excluding tert-OH is 2. The summed E-state index contributed by atoms with van der Waals surface area (Å²) < 4.78 is 13.1. The summed E-state index contributed by atoms with van der Waals surface area (Å²) in [5.74, 6) is -1.62. The predicted octanol–water partition coefficient (Wildman–Crippen LogP) is 5.00. The number of hydrogen-bond donors (Lipinski definition) is 3. The number of benzene rings is 1. The van der Waals surface area contributed by atoms with E-state index in [1.807, 2.05) is 25.1 Å². The van der Waals surface area contributed by atoms with E-state index in [0.717, 1.165) is 40.1 Å². The fraction of sp³-hybridized carbons (Fsp3) is 0.645. The van der Waals surface area contributed by atoms with E-state index in [0.29, 0.717) is 25.8 Å². The van der Waals surface area contributed by atoms with Gasteiger partial charge in [0.1, 0.15) is 16.9 Å². The van der Waals surface area contributed by atoms with Crippen LogP contribution in [0.3, 0.4) is 0 Å². The van der Waals surface area contributed by atoms with Crippen molar-refractivity contribution in [2.24, 2.45) is 23.0 Å². The highest BCUT2D eigenvalue weighted by Gasteiger charge is 2.53. The molecule has 2 fully saturated rings. The van der Waals surface area contributed by atoms with Crippen molar-refractivity contribution >= 4 is 33.3 Å². The van der Waals surface area contributed by atoms with E-state index in [9.17, 15) is 19.8 Å². The van der Waals surface area contributed by atoms with Crippen LogP contribution in [0.5, 0.6) is 0 Å². The first-order valence-electron chi connectivity index (χ1n) is 14.4. The maximum absolute atomic E-state index is 13.7. The van der Waals surface area contributed by atoms with Crippen molar-refractivity contribution in [1.29, 1.82) is 0 Å². The number of Topliss-reactive ketones (excluding diaryl/α,β-unsaturated/α-hetero) is 1. The number of rotatable bonds is 5. The molecule has 0 aliphatic carbocycles. The Morgan fingerprint density at radius 1 is 1.25 bits per heavy atom. The van der Waals surface area contributed by atoms with Gasteiger partial charge in [0.15, 0.2) is 0 Å². The molecule has 0 bridgehead atoms. The number of allylic oxidation sites excluding steroid dienone is 1. The quantitative estimate of drug-likeness (QED) is 0.259. The summed E-state index contributed by atoms with van der Waals surface area (Å²) in [5, 5.41) is 23.2. The molecule has 4 N–H and O–H groups in total. The molecular formula is C31H44N2O6S. The van der Waals surface area contributed by atoms with Gasteiger partial charge in [-0.2, -0.15) is 0 Å². The molecule has 0 saturated carbocycles. The van der Waals surface area contributed by atoms with Crippen molar-refractivity contribution in [2.45, 2.75) is 109 Å². The van der Waals surface area contributed by atoms with E-state index < -0.39 is 35.6 Å². The normalized spacial score (nSPS) is 33.8. The molecule has 2 aliphatic heterocycles. The lowest BCUT2D eigenvalue weighted by atomic mass is 9.71. The maximum Gasteiger partial charge on any atom is 0.309 e. The summed E-state index contributed by atoms with van der Waals surface area (Å²) in [4.78, 5) is 31.6. The third kappa shape index (κ3) is 6.65. The third-order valence-corrected chi connectivity index (χ3v) is 9.97. The van der Waals surface area contributed by atoms with Crippen LogP contribution >= 0.6 is 11.3 Å². The number of thiazole rings is 1. The van der Waals surface area contributed by atoms with Crippen LogP contribution in [0.15, 0.2) is 30.9 Å². The van der Waals surface area contributed by atoms with E-state index in [2.05, 4.69) is 18.5 Å². The van der Waals surface area contributed by atoms with Crippen molar-refractivity contribution in [1.82, 2.24) is 4.98 Å². The van der Waals surface area contributed by atoms with Crippen LogP contribution in [0.1, 0.15) is 89.3 Å². The molecule has 4 rings (SSSR count). The molecule has 3 heterocycles. The topological polar surface area (TPSA) is 135 Å². The highest BCUT2D eigenvalue weighted by molar-refractivity contribution is 7.18. The molecule has 2 aliphatic rings. The van der Waals surface area contributed by atoms with Gasteiger partial charge in [0.2, 0.25) is 0 Å². The first-order chi connectivity index (χ1) is 18.9. The number of ether oxygens (including phenoxy) is 2. The Morgan fingerprint density at radius 2 is 2.00 bits per heavy atom. The summed E-state index contributed by atoms with van der Waals surface area (Å²) in [6.45, 7) is 11.4. The zero-order valence-corrected chi connectivity index (χ0v) is 24.9. The highest BCUT2D eigenvalue weighted by atomic mass is 32.1. The van der Waals surface area contributed by atoms with Gasteiger partial charge >= 0.3 is 5.97 Å². The summed E-state index contributed by atoms with van der Waals surface area (Å²) in [6.07, 6.45) is 2.44. The Balaban J connectivity index is 1.63. The SMILES string of the molecule is C=CCC[C@H]1C(=O)C(C)(C)[C@@H](O)CC(=O)O[C@H](c2ccc3sc(CN)nc3c2)C[C@@H]2O[C@]2(C)CCCC(C)[C@@H]1O. The lowest BCUT2D eigenvalue weighted by Gasteiger charge is -2.36. The largest absolute Gasteiger partial charge is 0.457 e. The number of esters is 1. The van der Waals surface area contributed by atoms with E-state index >= 15 is 0 Å². The molecule has 0 spiro atoms. The molecular weight excluding hydrogens is 528 g/mol. The van der Waals surface area contributed by atoms with E-state index in [1.165, 1.54) is 11.3 Å². The number of ketones is 1. The van der Waals surface area contributed by atoms with Crippen molar-refractivity contribution in [3.63, 3.8) is 0 Å². The first kappa shape index (κ1) is 30.8. The molecule has 8 nitrogen and oxygen atoms in total. The zero-order chi connectivity index (χ0) is 29.2. The summed E-state index contributed by atoms with van der Waals surface area (Å²) in [5.41, 5.74) is 5.79. The van der Waals surface area contributed by atoms with Crippen LogP contribution in [0.2, 0.25) is 0 Å². The number of carbonyl (C=O) groups is 2. The minimum Gasteiger partial charge on any atom is -0.457 e. The third-order valence-electron chi connectivity index (χ3n) is 8.91. The van der Waals surface area contributed by atoms with Crippen molar-refractivity contribution in [3.8, 4) is 0 Å². The van der Waals surface area contributed by atoms with Crippen LogP contribution in [0, 0.1) is 17.3 Å². The molecule has 1 aromatic heterocycles. The highest BCUT2D eigenvalue weighted by Crippen LogP contribution is 2.47. The van der Waals surface area contributed by atoms with Crippen molar-refractivity contribution < 1.29 is 29.3 Å². The number of cyclic esters (lactones) is 1. The predicted molar refractivity (Wildman–Crippen MR) is 156 cm³/mol. The van der Waals surface area contributed by atoms with Gasteiger partial charge in [-0.25, -0.2) is 4.98 Å². The van der Waals surface area contributed by atoms with Crippen LogP contribution in [-0.2, 0) is 25.6 Å². The number of hydrogen-bond acceptors (Lipinski definition) is 9. The fourth-order valence-corrected chi connectivity index (χ4v) is 6.72. The molecule has 0 radical (unpaired) electrons. The molecule has 0 amide bonds. The van der Waals surface area contributed by atoms with Gasteiger partial charge in [0, 0.05) is 18.9 Å². The van der Waals surface area contributed by atoms with Gasteiger partial charge in [-0.15, -0.1) is 17.9 Å². The van der Waals surface area contributed by atoms with E-state index in [1.54, 1.807) is 19.9 Å². The lowest BCUT2D eigenvalue weighted by Crippen LogP contribution is -2.46. The van der Waals surface area contributed by atoms with Crippen LogP contribution in [-0.4, -0.2) is 50.9 Å². The number of nitrogens with zero attached hydrogens (tertiary/aromatic N) is 1. The van der Waals surface area contributed by atoms with Crippen LogP contribution in [0.25, 0.3) is 10.2 Å². The van der Waals surface area contributed by atoms with Gasteiger partial charge in [-0.3, -0.25) is 9.59 Å². The number of fused-ring (bicyclic) bond motifs is 2. The number of aromatic nitrogens is 1. The lowest BCUT2D eigenvalue weighted by molar-refractivity contribution is -0.156. The number of aliphatic hydroxyl groups is 2. The molecule has 40 heavy (non-hydrogen) atoms. The minimum atomic E-state index is -1.27. The second kappa shape index (κ2) is 12.4. The fourth-order valence-electron chi connectivity index (χ4n) is 5.89. The molecule has 9 heteroatoms. The Hall–Kier alpha value is -2.17. The second-order valence-corrected chi connectivity index (χ2v) is 13.4. The zero-order valence-electron chi connectivity index (χ0n) is 24.1.